The van der Waals surface area contributed by atoms with Crippen molar-refractivity contribution in [3.05, 3.63) is 47.4 Å². The number of rotatable bonds is 4. The summed E-state index contributed by atoms with van der Waals surface area (Å²) in [6, 6.07) is 3.52. The number of halogens is 3. The van der Waals surface area contributed by atoms with Gasteiger partial charge in [0.25, 0.3) is 0 Å². The number of nitrogens with zero attached hydrogens (tertiary/aromatic N) is 1. The molecule has 24 heavy (non-hydrogen) atoms. The summed E-state index contributed by atoms with van der Waals surface area (Å²) in [4.78, 5) is 14.4. The molecular formula is C16H12F3NO4. The molecule has 1 aromatic carbocycles. The van der Waals surface area contributed by atoms with E-state index in [2.05, 4.69) is 4.98 Å². The second-order valence-electron chi connectivity index (χ2n) is 5.20. The predicted octanol–water partition coefficient (Wildman–Crippen LogP) is 3.03. The minimum absolute atomic E-state index is 0.0564. The summed E-state index contributed by atoms with van der Waals surface area (Å²) in [5.41, 5.74) is -1.97. The molecule has 1 fully saturated rings. The molecule has 126 valence electrons. The van der Waals surface area contributed by atoms with Crippen LogP contribution < -0.4 is 4.74 Å². The molecule has 0 aliphatic carbocycles. The third-order valence-corrected chi connectivity index (χ3v) is 3.51. The summed E-state index contributed by atoms with van der Waals surface area (Å²) < 4.78 is 52.9. The topological polar surface area (TPSA) is 68.7 Å². The highest BCUT2D eigenvalue weighted by atomic mass is 19.1. The highest BCUT2D eigenvalue weighted by Gasteiger charge is 2.23. The fraction of sp³-hybridized carbons (Fsp3) is 0.250. The Morgan fingerprint density at radius 2 is 1.92 bits per heavy atom. The Bertz CT molecular complexity index is 768. The molecule has 2 heterocycles. The molecule has 1 aliphatic heterocycles. The van der Waals surface area contributed by atoms with E-state index in [4.69, 9.17) is 14.6 Å². The normalized spacial score (nSPS) is 17.0. The van der Waals surface area contributed by atoms with E-state index in [1.807, 2.05) is 0 Å². The maximum absolute atomic E-state index is 14.3. The molecule has 8 heteroatoms. The van der Waals surface area contributed by atoms with Crippen LogP contribution >= 0.6 is 0 Å². The van der Waals surface area contributed by atoms with Crippen molar-refractivity contribution in [2.75, 3.05) is 13.2 Å². The van der Waals surface area contributed by atoms with E-state index in [9.17, 15) is 18.0 Å². The van der Waals surface area contributed by atoms with Gasteiger partial charge < -0.3 is 14.6 Å². The van der Waals surface area contributed by atoms with E-state index in [-0.39, 0.29) is 11.9 Å². The number of benzene rings is 1. The van der Waals surface area contributed by atoms with Crippen LogP contribution in [-0.2, 0) is 4.74 Å². The van der Waals surface area contributed by atoms with E-state index >= 15 is 0 Å². The lowest BCUT2D eigenvalue weighted by atomic mass is 10.1. The van der Waals surface area contributed by atoms with Crippen LogP contribution in [0.25, 0.3) is 11.3 Å². The van der Waals surface area contributed by atoms with Crippen molar-refractivity contribution in [2.24, 2.45) is 0 Å². The summed E-state index contributed by atoms with van der Waals surface area (Å²) in [7, 11) is 0. The summed E-state index contributed by atoms with van der Waals surface area (Å²) in [6.45, 7) is 0.826. The van der Waals surface area contributed by atoms with Gasteiger partial charge in [-0.1, -0.05) is 0 Å². The molecule has 0 saturated carbocycles. The number of hydrogen-bond acceptors (Lipinski definition) is 4. The van der Waals surface area contributed by atoms with Crippen molar-refractivity contribution in [1.29, 1.82) is 0 Å². The smallest absolute Gasteiger partial charge is 0.354 e. The average Bonchev–Trinajstić information content (AvgIpc) is 3.01. The zero-order valence-electron chi connectivity index (χ0n) is 12.3. The van der Waals surface area contributed by atoms with Crippen LogP contribution in [0.5, 0.6) is 5.75 Å². The Balaban J connectivity index is 1.99. The number of aromatic carboxylic acids is 1. The molecule has 1 aromatic heterocycles. The van der Waals surface area contributed by atoms with Gasteiger partial charge in [0.05, 0.1) is 18.8 Å². The van der Waals surface area contributed by atoms with E-state index in [0.29, 0.717) is 19.6 Å². The van der Waals surface area contributed by atoms with Gasteiger partial charge in [-0.15, -0.1) is 0 Å². The van der Waals surface area contributed by atoms with Crippen LogP contribution in [0, 0.1) is 17.5 Å². The van der Waals surface area contributed by atoms with Crippen LogP contribution in [0.3, 0.4) is 0 Å². The first-order valence-electron chi connectivity index (χ1n) is 7.09. The zero-order valence-corrected chi connectivity index (χ0v) is 12.3. The lowest BCUT2D eigenvalue weighted by Gasteiger charge is -2.14. The monoisotopic (exact) mass is 339 g/mol. The number of carbonyl (C=O) groups is 1. The number of hydrogen-bond donors (Lipinski definition) is 1. The average molecular weight is 339 g/mol. The molecule has 1 atom stereocenters. The fourth-order valence-corrected chi connectivity index (χ4v) is 2.38. The predicted molar refractivity (Wildman–Crippen MR) is 76.4 cm³/mol. The van der Waals surface area contributed by atoms with Crippen molar-refractivity contribution in [3.8, 4) is 17.0 Å². The highest BCUT2D eigenvalue weighted by Crippen LogP contribution is 2.31. The summed E-state index contributed by atoms with van der Waals surface area (Å²) in [5.74, 6) is -4.72. The minimum Gasteiger partial charge on any atom is -0.488 e. The summed E-state index contributed by atoms with van der Waals surface area (Å²) in [5, 5.41) is 8.88. The van der Waals surface area contributed by atoms with Crippen LogP contribution in [0.4, 0.5) is 13.2 Å². The van der Waals surface area contributed by atoms with Gasteiger partial charge in [-0.05, 0) is 12.1 Å². The van der Waals surface area contributed by atoms with Gasteiger partial charge in [0, 0.05) is 18.6 Å². The third-order valence-electron chi connectivity index (χ3n) is 3.51. The van der Waals surface area contributed by atoms with Gasteiger partial charge in [0.1, 0.15) is 40.7 Å². The van der Waals surface area contributed by atoms with Crippen molar-refractivity contribution in [1.82, 2.24) is 4.98 Å². The van der Waals surface area contributed by atoms with Crippen LogP contribution in [0.2, 0.25) is 0 Å². The molecular weight excluding hydrogens is 327 g/mol. The van der Waals surface area contributed by atoms with Crippen molar-refractivity contribution >= 4 is 5.97 Å². The first-order valence-corrected chi connectivity index (χ1v) is 7.09. The third kappa shape index (κ3) is 3.18. The van der Waals surface area contributed by atoms with Gasteiger partial charge in [-0.25, -0.2) is 22.9 Å². The van der Waals surface area contributed by atoms with Gasteiger partial charge in [0.15, 0.2) is 0 Å². The second-order valence-corrected chi connectivity index (χ2v) is 5.20. The Hall–Kier alpha value is -2.61. The Morgan fingerprint density at radius 3 is 2.50 bits per heavy atom. The largest absolute Gasteiger partial charge is 0.488 e. The summed E-state index contributed by atoms with van der Waals surface area (Å²) in [6.07, 6.45) is 0.293. The Morgan fingerprint density at radius 1 is 1.21 bits per heavy atom. The molecule has 0 amide bonds. The number of aromatic nitrogens is 1. The van der Waals surface area contributed by atoms with Crippen LogP contribution in [-0.4, -0.2) is 35.4 Å². The first kappa shape index (κ1) is 16.3. The molecule has 2 aromatic rings. The maximum Gasteiger partial charge on any atom is 0.354 e. The molecule has 0 unspecified atom stereocenters. The molecule has 3 rings (SSSR count). The lowest BCUT2D eigenvalue weighted by molar-refractivity contribution is 0.0690. The maximum atomic E-state index is 14.3. The quantitative estimate of drug-likeness (QED) is 0.927. The van der Waals surface area contributed by atoms with Crippen LogP contribution in [0.1, 0.15) is 16.9 Å². The molecule has 0 bridgehead atoms. The van der Waals surface area contributed by atoms with Crippen LogP contribution in [0.15, 0.2) is 24.3 Å². The molecule has 1 saturated heterocycles. The first-order chi connectivity index (χ1) is 11.5. The van der Waals surface area contributed by atoms with Gasteiger partial charge >= 0.3 is 5.97 Å². The molecule has 1 aliphatic rings. The zero-order chi connectivity index (χ0) is 17.3. The van der Waals surface area contributed by atoms with Crippen molar-refractivity contribution in [2.45, 2.75) is 12.5 Å². The molecule has 0 spiro atoms. The molecule has 1 N–H and O–H groups in total. The number of ether oxygens (including phenoxy) is 2. The number of carboxylic acid groups (broad SMARTS) is 1. The van der Waals surface area contributed by atoms with Crippen molar-refractivity contribution in [3.63, 3.8) is 0 Å². The van der Waals surface area contributed by atoms with Gasteiger partial charge in [-0.3, -0.25) is 0 Å². The Kier molecular flexibility index (Phi) is 4.39. The van der Waals surface area contributed by atoms with Gasteiger partial charge in [-0.2, -0.15) is 0 Å². The van der Waals surface area contributed by atoms with E-state index in [1.165, 1.54) is 0 Å². The highest BCUT2D eigenvalue weighted by molar-refractivity contribution is 5.86. The standard InChI is InChI=1S/C16H12F3NO4/c17-10-1-2-13(16(21)22)20-15(10)14-11(18)5-9(6-12(14)19)24-8-3-4-23-7-8/h1-2,5-6,8H,3-4,7H2,(H,21,22)/t8-/m0/s1. The summed E-state index contributed by atoms with van der Waals surface area (Å²) >= 11 is 0. The number of pyridine rings is 1. The molecule has 0 radical (unpaired) electrons. The van der Waals surface area contributed by atoms with Crippen molar-refractivity contribution < 1.29 is 32.5 Å². The van der Waals surface area contributed by atoms with E-state index in [0.717, 1.165) is 24.3 Å². The van der Waals surface area contributed by atoms with E-state index < -0.39 is 40.4 Å². The minimum atomic E-state index is -1.43. The van der Waals surface area contributed by atoms with Gasteiger partial charge in [0.2, 0.25) is 0 Å². The molecule has 5 nitrogen and oxygen atoms in total. The Labute approximate surface area is 134 Å². The SMILES string of the molecule is O=C(O)c1ccc(F)c(-c2c(F)cc(O[C@H]3CCOC3)cc2F)n1. The fourth-order valence-electron chi connectivity index (χ4n) is 2.38. The lowest BCUT2D eigenvalue weighted by Crippen LogP contribution is -2.16. The number of carboxylic acids is 1. The second kappa shape index (κ2) is 6.48. The van der Waals surface area contributed by atoms with E-state index in [1.54, 1.807) is 0 Å².